The number of rotatable bonds is 6. The maximum Gasteiger partial charge on any atom is 0.294 e. The van der Waals surface area contributed by atoms with Crippen LogP contribution in [0.15, 0.2) is 59.4 Å². The summed E-state index contributed by atoms with van der Waals surface area (Å²) in [5.74, 6) is -2.09. The minimum Gasteiger partial charge on any atom is -0.501 e. The maximum absolute atomic E-state index is 13.3. The molecule has 1 unspecified atom stereocenters. The molecule has 0 spiro atoms. The molecule has 1 aromatic heterocycles. The fraction of sp³-hybridized carbons (Fsp3) is 0.308. The number of H-pyrrole nitrogens is 1. The molecule has 2 amide bonds. The first kappa shape index (κ1) is 25.1. The van der Waals surface area contributed by atoms with Crippen LogP contribution in [0.5, 0.6) is 5.75 Å². The van der Waals surface area contributed by atoms with E-state index >= 15 is 0 Å². The number of amides is 2. The molecule has 1 aliphatic heterocycles. The van der Waals surface area contributed by atoms with Crippen LogP contribution in [0.1, 0.15) is 52.1 Å². The fourth-order valence-corrected chi connectivity index (χ4v) is 4.17. The van der Waals surface area contributed by atoms with Gasteiger partial charge in [0.25, 0.3) is 17.4 Å². The van der Waals surface area contributed by atoms with Crippen molar-refractivity contribution < 1.29 is 19.1 Å². The Morgan fingerprint density at radius 3 is 2.50 bits per heavy atom. The van der Waals surface area contributed by atoms with Crippen LogP contribution in [0, 0.1) is 5.82 Å². The smallest absolute Gasteiger partial charge is 0.294 e. The van der Waals surface area contributed by atoms with E-state index in [1.54, 1.807) is 29.2 Å². The van der Waals surface area contributed by atoms with Gasteiger partial charge in [-0.1, -0.05) is 30.3 Å². The van der Waals surface area contributed by atoms with Crippen LogP contribution in [-0.4, -0.2) is 62.4 Å². The third kappa shape index (κ3) is 5.44. The summed E-state index contributed by atoms with van der Waals surface area (Å²) in [5, 5.41) is 12.9. The Hall–Kier alpha value is -4.05. The number of aromatic nitrogens is 2. The van der Waals surface area contributed by atoms with Gasteiger partial charge in [0.2, 0.25) is 5.75 Å². The SMILES string of the molecule is CC(C)N1CCN(C(=O)c2ccccc2)C(c2nc(C(=O)NCc3ccc(F)cc3)c(O)c(=O)[nH]2)C1. The molecule has 1 aliphatic rings. The summed E-state index contributed by atoms with van der Waals surface area (Å²) in [6.45, 7) is 5.54. The number of piperazine rings is 1. The Bertz CT molecular complexity index is 1290. The molecule has 1 atom stereocenters. The number of benzene rings is 2. The number of nitrogens with one attached hydrogen (secondary N) is 2. The van der Waals surface area contributed by atoms with Crippen LogP contribution >= 0.6 is 0 Å². The molecule has 2 heterocycles. The van der Waals surface area contributed by atoms with Crippen molar-refractivity contribution in [3.63, 3.8) is 0 Å². The topological polar surface area (TPSA) is 119 Å². The second-order valence-corrected chi connectivity index (χ2v) is 8.93. The molecule has 36 heavy (non-hydrogen) atoms. The molecule has 3 aromatic rings. The molecule has 0 bridgehead atoms. The minimum absolute atomic E-state index is 0.0472. The molecule has 3 N–H and O–H groups in total. The molecule has 0 saturated carbocycles. The normalized spacial score (nSPS) is 16.2. The van der Waals surface area contributed by atoms with E-state index in [9.17, 15) is 23.9 Å². The average Bonchev–Trinajstić information content (AvgIpc) is 2.89. The van der Waals surface area contributed by atoms with Gasteiger partial charge in [0.15, 0.2) is 5.69 Å². The Balaban J connectivity index is 1.65. The van der Waals surface area contributed by atoms with Gasteiger partial charge >= 0.3 is 0 Å². The lowest BCUT2D eigenvalue weighted by molar-refractivity contribution is 0.0360. The fourth-order valence-electron chi connectivity index (χ4n) is 4.17. The van der Waals surface area contributed by atoms with E-state index in [0.29, 0.717) is 30.8 Å². The van der Waals surface area contributed by atoms with Crippen LogP contribution in [0.2, 0.25) is 0 Å². The summed E-state index contributed by atoms with van der Waals surface area (Å²) in [5.41, 5.74) is -0.182. The third-order valence-corrected chi connectivity index (χ3v) is 6.23. The first-order chi connectivity index (χ1) is 17.2. The molecular formula is C26H28FN5O4. The van der Waals surface area contributed by atoms with Crippen molar-refractivity contribution in [2.75, 3.05) is 19.6 Å². The average molecular weight is 494 g/mol. The Morgan fingerprint density at radius 1 is 1.14 bits per heavy atom. The first-order valence-corrected chi connectivity index (χ1v) is 11.7. The van der Waals surface area contributed by atoms with Crippen molar-refractivity contribution in [2.45, 2.75) is 32.5 Å². The van der Waals surface area contributed by atoms with E-state index < -0.39 is 34.8 Å². The van der Waals surface area contributed by atoms with Gasteiger partial charge in [-0.05, 0) is 43.7 Å². The Labute approximate surface area is 207 Å². The monoisotopic (exact) mass is 493 g/mol. The summed E-state index contributed by atoms with van der Waals surface area (Å²) in [6.07, 6.45) is 0. The first-order valence-electron chi connectivity index (χ1n) is 11.7. The summed E-state index contributed by atoms with van der Waals surface area (Å²) in [6, 6.07) is 13.9. The van der Waals surface area contributed by atoms with Gasteiger partial charge in [-0.15, -0.1) is 0 Å². The summed E-state index contributed by atoms with van der Waals surface area (Å²) >= 11 is 0. The predicted octanol–water partition coefficient (Wildman–Crippen LogP) is 2.45. The number of nitrogens with zero attached hydrogens (tertiary/aromatic N) is 3. The van der Waals surface area contributed by atoms with Crippen LogP contribution < -0.4 is 10.9 Å². The van der Waals surface area contributed by atoms with E-state index in [4.69, 9.17) is 0 Å². The zero-order chi connectivity index (χ0) is 25.8. The number of carbonyl (C=O) groups is 2. The quantitative estimate of drug-likeness (QED) is 0.486. The highest BCUT2D eigenvalue weighted by Crippen LogP contribution is 2.27. The molecular weight excluding hydrogens is 465 g/mol. The van der Waals surface area contributed by atoms with Crippen molar-refractivity contribution in [1.29, 1.82) is 0 Å². The summed E-state index contributed by atoms with van der Waals surface area (Å²) in [4.78, 5) is 49.4. The van der Waals surface area contributed by atoms with Gasteiger partial charge < -0.3 is 20.3 Å². The minimum atomic E-state index is -0.874. The maximum atomic E-state index is 13.3. The number of hydrogen-bond acceptors (Lipinski definition) is 6. The van der Waals surface area contributed by atoms with E-state index in [2.05, 4.69) is 20.2 Å². The van der Waals surface area contributed by atoms with Crippen molar-refractivity contribution in [3.05, 3.63) is 93.4 Å². The Morgan fingerprint density at radius 2 is 1.83 bits per heavy atom. The zero-order valence-electron chi connectivity index (χ0n) is 20.1. The van der Waals surface area contributed by atoms with Crippen LogP contribution in [0.25, 0.3) is 0 Å². The second kappa shape index (κ2) is 10.7. The molecule has 1 saturated heterocycles. The van der Waals surface area contributed by atoms with Gasteiger partial charge in [0, 0.05) is 37.8 Å². The molecule has 10 heteroatoms. The highest BCUT2D eigenvalue weighted by Gasteiger charge is 2.35. The van der Waals surface area contributed by atoms with E-state index in [0.717, 1.165) is 0 Å². The zero-order valence-corrected chi connectivity index (χ0v) is 20.1. The van der Waals surface area contributed by atoms with Gasteiger partial charge in [-0.2, -0.15) is 0 Å². The number of aromatic amines is 1. The van der Waals surface area contributed by atoms with E-state index in [1.807, 2.05) is 19.9 Å². The van der Waals surface area contributed by atoms with Crippen molar-refractivity contribution >= 4 is 11.8 Å². The lowest BCUT2D eigenvalue weighted by Crippen LogP contribution is -2.53. The van der Waals surface area contributed by atoms with Gasteiger partial charge in [0.1, 0.15) is 17.7 Å². The van der Waals surface area contributed by atoms with Crippen molar-refractivity contribution in [3.8, 4) is 5.75 Å². The molecule has 4 rings (SSSR count). The third-order valence-electron chi connectivity index (χ3n) is 6.23. The molecule has 188 valence electrons. The predicted molar refractivity (Wildman–Crippen MR) is 131 cm³/mol. The van der Waals surface area contributed by atoms with Crippen LogP contribution in [-0.2, 0) is 6.54 Å². The van der Waals surface area contributed by atoms with Gasteiger partial charge in [0.05, 0.1) is 0 Å². The molecule has 1 fully saturated rings. The van der Waals surface area contributed by atoms with Crippen LogP contribution in [0.3, 0.4) is 0 Å². The van der Waals surface area contributed by atoms with E-state index in [1.165, 1.54) is 24.3 Å². The summed E-state index contributed by atoms with van der Waals surface area (Å²) in [7, 11) is 0. The van der Waals surface area contributed by atoms with E-state index in [-0.39, 0.29) is 24.3 Å². The summed E-state index contributed by atoms with van der Waals surface area (Å²) < 4.78 is 13.1. The number of halogens is 1. The second-order valence-electron chi connectivity index (χ2n) is 8.93. The molecule has 0 radical (unpaired) electrons. The van der Waals surface area contributed by atoms with Crippen molar-refractivity contribution in [2.24, 2.45) is 0 Å². The van der Waals surface area contributed by atoms with Gasteiger partial charge in [-0.25, -0.2) is 9.37 Å². The molecule has 2 aromatic carbocycles. The largest absolute Gasteiger partial charge is 0.501 e. The van der Waals surface area contributed by atoms with Gasteiger partial charge in [-0.3, -0.25) is 19.3 Å². The highest BCUT2D eigenvalue weighted by molar-refractivity contribution is 5.95. The lowest BCUT2D eigenvalue weighted by Gasteiger charge is -2.42. The number of aromatic hydroxyl groups is 1. The molecule has 9 nitrogen and oxygen atoms in total. The lowest BCUT2D eigenvalue weighted by atomic mass is 10.1. The van der Waals surface area contributed by atoms with Crippen molar-refractivity contribution in [1.82, 2.24) is 25.1 Å². The number of carbonyl (C=O) groups excluding carboxylic acids is 2. The molecule has 0 aliphatic carbocycles. The Kier molecular flexibility index (Phi) is 7.44. The van der Waals surface area contributed by atoms with Crippen LogP contribution in [0.4, 0.5) is 4.39 Å². The standard InChI is InChI=1S/C26H28FN5O4/c1-16(2)31-12-13-32(26(36)18-6-4-3-5-7-18)20(15-31)23-29-21(22(33)25(35)30-23)24(34)28-14-17-8-10-19(27)11-9-17/h3-11,16,20,33H,12-15H2,1-2H3,(H,28,34)(H,29,30,35). The number of hydrogen-bond donors (Lipinski definition) is 3. The highest BCUT2D eigenvalue weighted by atomic mass is 19.1.